The molecule has 1 aliphatic heterocycles. The summed E-state index contributed by atoms with van der Waals surface area (Å²) in [6, 6.07) is -0.815. The van der Waals surface area contributed by atoms with Crippen LogP contribution in [-0.2, 0) is 9.53 Å². The Labute approximate surface area is 75.0 Å². The molecular formula is C7H12N2O4. The summed E-state index contributed by atoms with van der Waals surface area (Å²) >= 11 is 0. The summed E-state index contributed by atoms with van der Waals surface area (Å²) in [7, 11) is 0. The quantitative estimate of drug-likeness (QED) is 0.532. The molecule has 0 aliphatic carbocycles. The molecule has 0 aromatic rings. The molecular weight excluding hydrogens is 176 g/mol. The van der Waals surface area contributed by atoms with Crippen LogP contribution in [0, 0.1) is 0 Å². The number of carbonyl (C=O) groups is 2. The van der Waals surface area contributed by atoms with Crippen molar-refractivity contribution in [2.45, 2.75) is 18.4 Å². The Morgan fingerprint density at radius 3 is 2.31 bits per heavy atom. The number of nitrogens with one attached hydrogen (secondary N) is 1. The largest absolute Gasteiger partial charge is 0.480 e. The first kappa shape index (κ1) is 9.79. The smallest absolute Gasteiger partial charge is 0.329 e. The number of carboxylic acids is 1. The first-order valence-electron chi connectivity index (χ1n) is 3.95. The molecule has 1 aliphatic rings. The van der Waals surface area contributed by atoms with Gasteiger partial charge in [-0.3, -0.25) is 0 Å². The summed E-state index contributed by atoms with van der Waals surface area (Å²) in [4.78, 5) is 21.5. The molecule has 1 fully saturated rings. The summed E-state index contributed by atoms with van der Waals surface area (Å²) in [6.45, 7) is 0.652. The molecule has 0 unspecified atom stereocenters. The molecule has 1 rings (SSSR count). The highest BCUT2D eigenvalue weighted by Gasteiger charge is 2.41. The number of rotatable bonds is 2. The normalized spacial score (nSPS) is 20.6. The Bertz CT molecular complexity index is 223. The maximum absolute atomic E-state index is 10.9. The number of hydrogen-bond donors (Lipinski definition) is 3. The van der Waals surface area contributed by atoms with Crippen LogP contribution in [0.4, 0.5) is 4.79 Å². The molecule has 0 bridgehead atoms. The standard InChI is InChI=1S/C7H12N2O4/c8-6(12)9-7(5(10)11)1-3-13-4-2-7/h1-4H2,(H,10,11)(H3,8,9,12). The number of urea groups is 1. The molecule has 0 spiro atoms. The van der Waals surface area contributed by atoms with E-state index in [2.05, 4.69) is 5.32 Å². The minimum absolute atomic E-state index is 0.255. The number of amides is 2. The van der Waals surface area contributed by atoms with Gasteiger partial charge in [0.15, 0.2) is 0 Å². The molecule has 1 heterocycles. The highest BCUT2D eigenvalue weighted by atomic mass is 16.5. The van der Waals surface area contributed by atoms with Gasteiger partial charge in [0.05, 0.1) is 0 Å². The van der Waals surface area contributed by atoms with Gasteiger partial charge in [-0.2, -0.15) is 0 Å². The first-order chi connectivity index (χ1) is 6.07. The van der Waals surface area contributed by atoms with Crippen molar-refractivity contribution in [3.8, 4) is 0 Å². The predicted molar refractivity (Wildman–Crippen MR) is 43.1 cm³/mol. The average Bonchev–Trinajstić information content (AvgIpc) is 2.04. The van der Waals surface area contributed by atoms with E-state index in [-0.39, 0.29) is 12.8 Å². The van der Waals surface area contributed by atoms with E-state index in [4.69, 9.17) is 15.6 Å². The topological polar surface area (TPSA) is 102 Å². The predicted octanol–water partition coefficient (Wildman–Crippen LogP) is -0.712. The Kier molecular flexibility index (Phi) is 2.72. The fourth-order valence-corrected chi connectivity index (χ4v) is 1.35. The number of nitrogens with two attached hydrogens (primary N) is 1. The van der Waals surface area contributed by atoms with Crippen LogP contribution in [0.3, 0.4) is 0 Å². The van der Waals surface area contributed by atoms with Crippen molar-refractivity contribution in [3.63, 3.8) is 0 Å². The van der Waals surface area contributed by atoms with Gasteiger partial charge in [0, 0.05) is 26.1 Å². The zero-order valence-corrected chi connectivity index (χ0v) is 7.08. The van der Waals surface area contributed by atoms with E-state index in [1.165, 1.54) is 0 Å². The van der Waals surface area contributed by atoms with Crippen LogP contribution in [-0.4, -0.2) is 35.9 Å². The van der Waals surface area contributed by atoms with Crippen molar-refractivity contribution in [1.82, 2.24) is 5.32 Å². The number of primary amides is 1. The molecule has 0 aromatic heterocycles. The Balaban J connectivity index is 2.73. The third-order valence-corrected chi connectivity index (χ3v) is 2.12. The van der Waals surface area contributed by atoms with Crippen LogP contribution in [0.25, 0.3) is 0 Å². The van der Waals surface area contributed by atoms with Gasteiger partial charge in [0.1, 0.15) is 5.54 Å². The van der Waals surface area contributed by atoms with Crippen LogP contribution in [0.15, 0.2) is 0 Å². The van der Waals surface area contributed by atoms with Gasteiger partial charge in [-0.25, -0.2) is 9.59 Å². The summed E-state index contributed by atoms with van der Waals surface area (Å²) in [6.07, 6.45) is 0.510. The Morgan fingerprint density at radius 1 is 1.38 bits per heavy atom. The molecule has 0 atom stereocenters. The molecule has 0 aromatic carbocycles. The highest BCUT2D eigenvalue weighted by molar-refractivity contribution is 5.85. The van der Waals surface area contributed by atoms with Crippen LogP contribution >= 0.6 is 0 Å². The summed E-state index contributed by atoms with van der Waals surface area (Å²) in [5.41, 5.74) is 3.66. The van der Waals surface area contributed by atoms with Crippen molar-refractivity contribution in [1.29, 1.82) is 0 Å². The van der Waals surface area contributed by atoms with Gasteiger partial charge in [-0.15, -0.1) is 0 Å². The zero-order valence-electron chi connectivity index (χ0n) is 7.08. The monoisotopic (exact) mass is 188 g/mol. The van der Waals surface area contributed by atoms with Gasteiger partial charge >= 0.3 is 12.0 Å². The lowest BCUT2D eigenvalue weighted by Crippen LogP contribution is -2.58. The van der Waals surface area contributed by atoms with E-state index in [0.29, 0.717) is 13.2 Å². The summed E-state index contributed by atoms with van der Waals surface area (Å²) < 4.78 is 5.00. The molecule has 4 N–H and O–H groups in total. The summed E-state index contributed by atoms with van der Waals surface area (Å²) in [5.74, 6) is -1.06. The van der Waals surface area contributed by atoms with E-state index in [1.807, 2.05) is 0 Å². The maximum atomic E-state index is 10.9. The fraction of sp³-hybridized carbons (Fsp3) is 0.714. The SMILES string of the molecule is NC(=O)NC1(C(=O)O)CCOCC1. The average molecular weight is 188 g/mol. The molecule has 1 saturated heterocycles. The van der Waals surface area contributed by atoms with E-state index in [1.54, 1.807) is 0 Å². The molecule has 0 saturated carbocycles. The van der Waals surface area contributed by atoms with E-state index in [9.17, 15) is 9.59 Å². The second kappa shape index (κ2) is 3.61. The van der Waals surface area contributed by atoms with Crippen molar-refractivity contribution in [2.24, 2.45) is 5.73 Å². The van der Waals surface area contributed by atoms with Crippen molar-refractivity contribution in [3.05, 3.63) is 0 Å². The molecule has 2 amide bonds. The van der Waals surface area contributed by atoms with Gasteiger partial charge in [0.25, 0.3) is 0 Å². The van der Waals surface area contributed by atoms with Crippen molar-refractivity contribution < 1.29 is 19.4 Å². The number of aliphatic carboxylic acids is 1. The highest BCUT2D eigenvalue weighted by Crippen LogP contribution is 2.20. The molecule has 6 nitrogen and oxygen atoms in total. The molecule has 0 radical (unpaired) electrons. The second-order valence-corrected chi connectivity index (χ2v) is 2.99. The third-order valence-electron chi connectivity index (χ3n) is 2.12. The second-order valence-electron chi connectivity index (χ2n) is 2.99. The lowest BCUT2D eigenvalue weighted by Gasteiger charge is -2.33. The number of ether oxygens (including phenoxy) is 1. The summed E-state index contributed by atoms with van der Waals surface area (Å²) in [5, 5.41) is 11.2. The van der Waals surface area contributed by atoms with Gasteiger partial charge in [-0.05, 0) is 0 Å². The van der Waals surface area contributed by atoms with Gasteiger partial charge in [0.2, 0.25) is 0 Å². The van der Waals surface area contributed by atoms with Gasteiger partial charge in [-0.1, -0.05) is 0 Å². The third kappa shape index (κ3) is 2.09. The lowest BCUT2D eigenvalue weighted by molar-refractivity contribution is -0.148. The van der Waals surface area contributed by atoms with Gasteiger partial charge < -0.3 is 20.9 Å². The number of carboxylic acid groups (broad SMARTS) is 1. The van der Waals surface area contributed by atoms with Crippen LogP contribution in [0.5, 0.6) is 0 Å². The van der Waals surface area contributed by atoms with E-state index >= 15 is 0 Å². The maximum Gasteiger partial charge on any atom is 0.329 e. The first-order valence-corrected chi connectivity index (χ1v) is 3.95. The van der Waals surface area contributed by atoms with Crippen LogP contribution in [0.1, 0.15) is 12.8 Å². The fourth-order valence-electron chi connectivity index (χ4n) is 1.35. The minimum atomic E-state index is -1.23. The Hall–Kier alpha value is -1.30. The minimum Gasteiger partial charge on any atom is -0.480 e. The van der Waals surface area contributed by atoms with Crippen LogP contribution in [0.2, 0.25) is 0 Å². The van der Waals surface area contributed by atoms with Crippen molar-refractivity contribution >= 4 is 12.0 Å². The van der Waals surface area contributed by atoms with Crippen molar-refractivity contribution in [2.75, 3.05) is 13.2 Å². The Morgan fingerprint density at radius 2 is 1.92 bits per heavy atom. The molecule has 74 valence electrons. The van der Waals surface area contributed by atoms with E-state index < -0.39 is 17.5 Å². The number of hydrogen-bond acceptors (Lipinski definition) is 3. The zero-order chi connectivity index (χ0) is 9.90. The lowest BCUT2D eigenvalue weighted by atomic mass is 9.90. The van der Waals surface area contributed by atoms with Crippen LogP contribution < -0.4 is 11.1 Å². The number of carbonyl (C=O) groups excluding carboxylic acids is 1. The van der Waals surface area contributed by atoms with E-state index in [0.717, 1.165) is 0 Å². The molecule has 6 heteroatoms. The molecule has 13 heavy (non-hydrogen) atoms.